The number of rotatable bonds is 1. The van der Waals surface area contributed by atoms with Gasteiger partial charge in [0.05, 0.1) is 5.38 Å². The van der Waals surface area contributed by atoms with Crippen molar-refractivity contribution in [2.24, 2.45) is 0 Å². The molecule has 0 bridgehead atoms. The van der Waals surface area contributed by atoms with Crippen molar-refractivity contribution in [2.45, 2.75) is 11.8 Å². The molecule has 1 heterocycles. The van der Waals surface area contributed by atoms with Gasteiger partial charge in [-0.15, -0.1) is 18.0 Å². The second-order valence-electron chi connectivity index (χ2n) is 3.69. The highest BCUT2D eigenvalue weighted by atomic mass is 35.5. The van der Waals surface area contributed by atoms with Crippen molar-refractivity contribution in [1.82, 2.24) is 5.32 Å². The molecule has 1 atom stereocenters. The van der Waals surface area contributed by atoms with Crippen molar-refractivity contribution < 1.29 is 0 Å². The fourth-order valence-electron chi connectivity index (χ4n) is 1.60. The van der Waals surface area contributed by atoms with Crippen LogP contribution < -0.4 is 5.32 Å². The molecule has 1 N–H and O–H groups in total. The van der Waals surface area contributed by atoms with Gasteiger partial charge in [-0.3, -0.25) is 0 Å². The van der Waals surface area contributed by atoms with Gasteiger partial charge in [-0.1, -0.05) is 30.7 Å². The minimum Gasteiger partial charge on any atom is -0.358 e. The highest BCUT2D eigenvalue weighted by Crippen LogP contribution is 2.23. The van der Waals surface area contributed by atoms with Gasteiger partial charge in [0.1, 0.15) is 0 Å². The summed E-state index contributed by atoms with van der Waals surface area (Å²) in [5, 5.41) is 3.18. The molecular formula is C14H12ClN. The van der Waals surface area contributed by atoms with Gasteiger partial charge in [0.25, 0.3) is 0 Å². The van der Waals surface area contributed by atoms with E-state index in [1.807, 2.05) is 24.3 Å². The maximum absolute atomic E-state index is 6.03. The van der Waals surface area contributed by atoms with Crippen molar-refractivity contribution in [1.29, 1.82) is 0 Å². The molecule has 16 heavy (non-hydrogen) atoms. The van der Waals surface area contributed by atoms with Crippen molar-refractivity contribution in [3.63, 3.8) is 0 Å². The van der Waals surface area contributed by atoms with Crippen LogP contribution in [-0.2, 0) is 0 Å². The molecule has 1 nitrogen and oxygen atoms in total. The molecule has 0 spiro atoms. The predicted molar refractivity (Wildman–Crippen MR) is 68.9 cm³/mol. The van der Waals surface area contributed by atoms with Gasteiger partial charge in [-0.2, -0.15) is 0 Å². The summed E-state index contributed by atoms with van der Waals surface area (Å²) < 4.78 is 0. The van der Waals surface area contributed by atoms with Gasteiger partial charge in [-0.05, 0) is 24.1 Å². The van der Waals surface area contributed by atoms with Gasteiger partial charge in [0.15, 0.2) is 0 Å². The van der Waals surface area contributed by atoms with E-state index in [0.29, 0.717) is 0 Å². The van der Waals surface area contributed by atoms with Crippen LogP contribution >= 0.6 is 11.6 Å². The van der Waals surface area contributed by atoms with E-state index in [1.54, 1.807) is 0 Å². The summed E-state index contributed by atoms with van der Waals surface area (Å²) in [4.78, 5) is 0. The van der Waals surface area contributed by atoms with Crippen LogP contribution in [0.4, 0.5) is 0 Å². The number of halogens is 1. The van der Waals surface area contributed by atoms with Gasteiger partial charge >= 0.3 is 0 Å². The summed E-state index contributed by atoms with van der Waals surface area (Å²) in [7, 11) is 0. The number of nitrogens with one attached hydrogen (secondary N) is 1. The Morgan fingerprint density at radius 1 is 1.38 bits per heavy atom. The lowest BCUT2D eigenvalue weighted by atomic mass is 10.0. The lowest BCUT2D eigenvalue weighted by Gasteiger charge is -2.22. The Labute approximate surface area is 101 Å². The highest BCUT2D eigenvalue weighted by Gasteiger charge is 2.15. The summed E-state index contributed by atoms with van der Waals surface area (Å²) >= 11 is 6.03. The maximum Gasteiger partial charge on any atom is 0.0764 e. The smallest absolute Gasteiger partial charge is 0.0764 e. The summed E-state index contributed by atoms with van der Waals surface area (Å²) in [5.41, 5.74) is 3.88. The largest absolute Gasteiger partial charge is 0.358 e. The van der Waals surface area contributed by atoms with Crippen LogP contribution in [0, 0.1) is 12.3 Å². The molecule has 1 aliphatic heterocycles. The first-order valence-electron chi connectivity index (χ1n) is 5.08. The third-order valence-corrected chi connectivity index (χ3v) is 3.01. The standard InChI is InChI=1S/C14H12ClN/c1-3-11-4-6-12(7-5-11)14-9-8-13(15)10(2)16-14/h1,4-7,9,13,16H,2,8H2. The van der Waals surface area contributed by atoms with E-state index in [0.717, 1.165) is 28.9 Å². The van der Waals surface area contributed by atoms with Crippen LogP contribution in [0.3, 0.4) is 0 Å². The van der Waals surface area contributed by atoms with Crippen LogP contribution in [0.2, 0.25) is 0 Å². The molecule has 1 aromatic rings. The molecule has 2 rings (SSSR count). The number of allylic oxidation sites excluding steroid dienone is 2. The molecule has 1 aliphatic rings. The lowest BCUT2D eigenvalue weighted by Crippen LogP contribution is -2.22. The molecule has 2 heteroatoms. The second kappa shape index (κ2) is 4.47. The average Bonchev–Trinajstić information content (AvgIpc) is 2.33. The monoisotopic (exact) mass is 229 g/mol. The molecule has 80 valence electrons. The molecule has 0 fully saturated rings. The minimum absolute atomic E-state index is 0.0197. The van der Waals surface area contributed by atoms with Gasteiger partial charge < -0.3 is 5.32 Å². The van der Waals surface area contributed by atoms with E-state index in [4.69, 9.17) is 18.0 Å². The Morgan fingerprint density at radius 2 is 2.06 bits per heavy atom. The lowest BCUT2D eigenvalue weighted by molar-refractivity contribution is 0.868. The molecule has 0 aliphatic carbocycles. The van der Waals surface area contributed by atoms with E-state index in [9.17, 15) is 0 Å². The van der Waals surface area contributed by atoms with Crippen LogP contribution in [0.15, 0.2) is 42.6 Å². The fraction of sp³-hybridized carbons (Fsp3) is 0.143. The molecule has 0 aromatic heterocycles. The van der Waals surface area contributed by atoms with Crippen LogP contribution in [0.25, 0.3) is 5.70 Å². The number of benzene rings is 1. The molecular weight excluding hydrogens is 218 g/mol. The Morgan fingerprint density at radius 3 is 2.62 bits per heavy atom. The fourth-order valence-corrected chi connectivity index (χ4v) is 1.75. The maximum atomic E-state index is 6.03. The van der Waals surface area contributed by atoms with E-state index < -0.39 is 0 Å². The van der Waals surface area contributed by atoms with Crippen molar-refractivity contribution >= 4 is 17.3 Å². The second-order valence-corrected chi connectivity index (χ2v) is 4.22. The molecule has 0 saturated carbocycles. The third-order valence-electron chi connectivity index (χ3n) is 2.56. The van der Waals surface area contributed by atoms with Crippen LogP contribution in [0.5, 0.6) is 0 Å². The first kappa shape index (κ1) is 10.9. The zero-order valence-corrected chi connectivity index (χ0v) is 9.59. The Bertz CT molecular complexity index is 476. The van der Waals surface area contributed by atoms with E-state index >= 15 is 0 Å². The molecule has 1 aromatic carbocycles. The average molecular weight is 230 g/mol. The number of terminal acetylenes is 1. The van der Waals surface area contributed by atoms with E-state index in [1.165, 1.54) is 0 Å². The molecule has 1 unspecified atom stereocenters. The Kier molecular flexibility index (Phi) is 3.03. The summed E-state index contributed by atoms with van der Waals surface area (Å²) in [6.45, 7) is 3.89. The summed E-state index contributed by atoms with van der Waals surface area (Å²) in [6.07, 6.45) is 8.19. The predicted octanol–water partition coefficient (Wildman–Crippen LogP) is 3.12. The Balaban J connectivity index is 2.25. The summed E-state index contributed by atoms with van der Waals surface area (Å²) in [6, 6.07) is 7.84. The SMILES string of the molecule is C#Cc1ccc(C2=CCC(Cl)C(=C)N2)cc1. The molecule has 0 amide bonds. The van der Waals surface area contributed by atoms with Crippen molar-refractivity contribution in [2.75, 3.05) is 0 Å². The zero-order valence-electron chi connectivity index (χ0n) is 8.83. The zero-order chi connectivity index (χ0) is 11.5. The first-order chi connectivity index (χ1) is 7.70. The minimum atomic E-state index is -0.0197. The van der Waals surface area contributed by atoms with Crippen LogP contribution in [0.1, 0.15) is 17.5 Å². The number of hydrogen-bond acceptors (Lipinski definition) is 1. The highest BCUT2D eigenvalue weighted by molar-refractivity contribution is 6.22. The molecule has 0 radical (unpaired) electrons. The topological polar surface area (TPSA) is 12.0 Å². The van der Waals surface area contributed by atoms with Gasteiger partial charge in [0.2, 0.25) is 0 Å². The first-order valence-corrected chi connectivity index (χ1v) is 5.51. The summed E-state index contributed by atoms with van der Waals surface area (Å²) in [5.74, 6) is 2.59. The number of hydrogen-bond donors (Lipinski definition) is 1. The van der Waals surface area contributed by atoms with E-state index in [-0.39, 0.29) is 5.38 Å². The molecule has 0 saturated heterocycles. The normalized spacial score (nSPS) is 19.6. The van der Waals surface area contributed by atoms with Gasteiger partial charge in [0, 0.05) is 17.0 Å². The van der Waals surface area contributed by atoms with Crippen molar-refractivity contribution in [3.8, 4) is 12.3 Å². The third kappa shape index (κ3) is 2.13. The van der Waals surface area contributed by atoms with Crippen LogP contribution in [-0.4, -0.2) is 5.38 Å². The van der Waals surface area contributed by atoms with E-state index in [2.05, 4.69) is 23.9 Å². The quantitative estimate of drug-likeness (QED) is 0.576. The van der Waals surface area contributed by atoms with Gasteiger partial charge in [-0.25, -0.2) is 0 Å². The van der Waals surface area contributed by atoms with Crippen molar-refractivity contribution in [3.05, 3.63) is 53.7 Å². The number of alkyl halides is 1. The Hall–Kier alpha value is -1.65.